The van der Waals surface area contributed by atoms with Crippen molar-refractivity contribution in [3.8, 4) is 0 Å². The van der Waals surface area contributed by atoms with Crippen LogP contribution in [0.3, 0.4) is 0 Å². The van der Waals surface area contributed by atoms with Crippen LogP contribution in [0.25, 0.3) is 32.3 Å². The van der Waals surface area contributed by atoms with Gasteiger partial charge in [-0.25, -0.2) is 4.79 Å². The van der Waals surface area contributed by atoms with Crippen molar-refractivity contribution in [3.63, 3.8) is 0 Å². The van der Waals surface area contributed by atoms with E-state index in [2.05, 4.69) is 98.5 Å². The number of nitrogens with zero attached hydrogens (tertiary/aromatic N) is 4. The zero-order valence-electron chi connectivity index (χ0n) is 33.9. The summed E-state index contributed by atoms with van der Waals surface area (Å²) in [6.07, 6.45) is 10.4. The second-order valence-electron chi connectivity index (χ2n) is 16.6. The largest absolute Gasteiger partial charge is 0.444 e. The van der Waals surface area contributed by atoms with Gasteiger partial charge < -0.3 is 24.2 Å². The Morgan fingerprint density at radius 2 is 1.51 bits per heavy atom. The number of carbonyl (C=O) groups is 2. The lowest BCUT2D eigenvalue weighted by atomic mass is 9.77. The quantitative estimate of drug-likeness (QED) is 0.106. The fraction of sp³-hybridized carbons (Fsp3) is 0.333. The highest BCUT2D eigenvalue weighted by molar-refractivity contribution is 9.10. The Hall–Kier alpha value is -5.61. The van der Waals surface area contributed by atoms with E-state index >= 15 is 0 Å². The average molecular weight is 855 g/mol. The number of fused-ring (bicyclic) bond motifs is 8. The van der Waals surface area contributed by atoms with Gasteiger partial charge in [-0.05, 0) is 108 Å². The molecule has 302 valence electrons. The second-order valence-corrected chi connectivity index (χ2v) is 17.5. The molecule has 1 amide bonds. The number of nitrogens with one attached hydrogen (secondary N) is 2. The molecule has 11 heteroatoms. The highest BCUT2D eigenvalue weighted by atomic mass is 79.9. The molecule has 0 aromatic heterocycles. The molecule has 1 unspecified atom stereocenters. The van der Waals surface area contributed by atoms with Crippen LogP contribution in [-0.2, 0) is 27.1 Å². The van der Waals surface area contributed by atoms with Crippen LogP contribution in [0, 0.1) is 11.1 Å². The van der Waals surface area contributed by atoms with Crippen LogP contribution in [-0.4, -0.2) is 74.9 Å². The molecule has 5 aliphatic rings. The molecule has 10 rings (SSSR count). The van der Waals surface area contributed by atoms with Crippen LogP contribution >= 0.6 is 15.9 Å². The van der Waals surface area contributed by atoms with E-state index in [0.717, 1.165) is 69.8 Å². The molecule has 2 bridgehead atoms. The van der Waals surface area contributed by atoms with E-state index in [1.807, 2.05) is 54.9 Å². The van der Waals surface area contributed by atoms with Crippen LogP contribution in [0.4, 0.5) is 16.2 Å². The number of allylic oxidation sites excluding steroid dienone is 6. The van der Waals surface area contributed by atoms with E-state index in [4.69, 9.17) is 20.5 Å². The number of carbonyl (C=O) groups excluding carboxylic acids is 2. The number of aryl methyl sites for hydroxylation is 1. The topological polar surface area (TPSA) is 124 Å². The number of amides is 1. The molecule has 2 aliphatic heterocycles. The number of benzene rings is 5. The van der Waals surface area contributed by atoms with E-state index in [1.165, 1.54) is 64.9 Å². The Bertz CT molecular complexity index is 2560. The zero-order valence-corrected chi connectivity index (χ0v) is 35.5. The first-order chi connectivity index (χ1) is 28.5. The molecule has 10 nitrogen and oxygen atoms in total. The third-order valence-electron chi connectivity index (χ3n) is 11.9. The minimum Gasteiger partial charge on any atom is -0.444 e. The lowest BCUT2D eigenvalue weighted by Gasteiger charge is -2.37. The first kappa shape index (κ1) is 40.2. The Labute approximate surface area is 353 Å². The lowest BCUT2D eigenvalue weighted by Crippen LogP contribution is -2.50. The van der Waals surface area contributed by atoms with Gasteiger partial charge in [-0.15, -0.1) is 0 Å². The Morgan fingerprint density at radius 3 is 2.17 bits per heavy atom. The van der Waals surface area contributed by atoms with E-state index in [-0.39, 0.29) is 11.9 Å². The molecule has 0 radical (unpaired) electrons. The van der Waals surface area contributed by atoms with Crippen molar-refractivity contribution in [1.82, 2.24) is 9.81 Å². The molecule has 2 N–H and O–H groups in total. The molecule has 59 heavy (non-hydrogen) atoms. The number of hydrogen-bond donors (Lipinski definition) is 2. The molecule has 3 aliphatic carbocycles. The van der Waals surface area contributed by atoms with Gasteiger partial charge in [0.05, 0.1) is 13.2 Å². The fourth-order valence-electron chi connectivity index (χ4n) is 9.09. The summed E-state index contributed by atoms with van der Waals surface area (Å²) >= 11 is 4.03. The van der Waals surface area contributed by atoms with Crippen LogP contribution in [0.15, 0.2) is 113 Å². The molecule has 5 aromatic carbocycles. The van der Waals surface area contributed by atoms with Crippen molar-refractivity contribution in [2.75, 3.05) is 62.3 Å². The van der Waals surface area contributed by atoms with Gasteiger partial charge in [0.2, 0.25) is 4.91 Å². The number of rotatable bonds is 3. The third kappa shape index (κ3) is 8.33. The van der Waals surface area contributed by atoms with Crippen molar-refractivity contribution in [3.05, 3.63) is 129 Å². The van der Waals surface area contributed by atoms with E-state index in [1.54, 1.807) is 0 Å². The van der Waals surface area contributed by atoms with E-state index in [9.17, 15) is 9.59 Å². The molecule has 1 atom stereocenters. The van der Waals surface area contributed by atoms with Crippen LogP contribution < -0.4 is 14.7 Å². The molecule has 0 saturated carbocycles. The summed E-state index contributed by atoms with van der Waals surface area (Å²) in [5, 5.41) is 7.88. The predicted molar refractivity (Wildman–Crippen MR) is 239 cm³/mol. The number of ether oxygens (including phenoxy) is 2. The summed E-state index contributed by atoms with van der Waals surface area (Å²) in [5.74, 6) is 0.667. The third-order valence-corrected chi connectivity index (χ3v) is 12.5. The molecular weight excluding hydrogens is 804 g/mol. The minimum atomic E-state index is -0.479. The maximum absolute atomic E-state index is 12.6. The molecule has 2 saturated heterocycles. The SMILES string of the molecule is CC(C)(C)OC(=O)N1CCN(c2ccc3c(c2)cc(Br)c2c4c(ccc23)CC(c2ccc3ccccc3c2N2CCOCC2)CC4)CC1.N=[N+]=N.O=C1C2=CC=C1C=C2. The average Bonchev–Trinajstić information content (AvgIpc) is 3.78. The highest BCUT2D eigenvalue weighted by Gasteiger charge is 2.29. The maximum Gasteiger partial charge on any atom is 0.410 e. The number of hydrogen-bond acceptors (Lipinski definition) is 8. The van der Waals surface area contributed by atoms with Crippen molar-refractivity contribution >= 4 is 71.5 Å². The van der Waals surface area contributed by atoms with Crippen LogP contribution in [0.2, 0.25) is 0 Å². The van der Waals surface area contributed by atoms with E-state index in [0.29, 0.717) is 19.0 Å². The van der Waals surface area contributed by atoms with Gasteiger partial charge in [-0.1, -0.05) is 94.8 Å². The number of Topliss-reactive ketones (excluding diaryl/α,β-unsaturated/α-hetero) is 1. The van der Waals surface area contributed by atoms with Crippen molar-refractivity contribution in [2.24, 2.45) is 0 Å². The Kier molecular flexibility index (Phi) is 11.5. The van der Waals surface area contributed by atoms with Crippen molar-refractivity contribution < 1.29 is 19.1 Å². The van der Waals surface area contributed by atoms with Crippen molar-refractivity contribution in [1.29, 1.82) is 11.1 Å². The number of morpholine rings is 1. The van der Waals surface area contributed by atoms with Gasteiger partial charge in [0, 0.05) is 71.6 Å². The summed E-state index contributed by atoms with van der Waals surface area (Å²) in [6, 6.07) is 27.5. The first-order valence-corrected chi connectivity index (χ1v) is 21.2. The molecule has 2 heterocycles. The predicted octanol–water partition coefficient (Wildman–Crippen LogP) is 10.2. The second kappa shape index (κ2) is 16.9. The number of ketones is 1. The summed E-state index contributed by atoms with van der Waals surface area (Å²) < 4.78 is 12.5. The number of piperazine rings is 1. The summed E-state index contributed by atoms with van der Waals surface area (Å²) in [6.45, 7) is 12.1. The van der Waals surface area contributed by atoms with Crippen LogP contribution in [0.1, 0.15) is 49.8 Å². The summed E-state index contributed by atoms with van der Waals surface area (Å²) in [4.78, 5) is 32.1. The number of anilines is 2. The van der Waals surface area contributed by atoms with Crippen molar-refractivity contribution in [2.45, 2.75) is 51.6 Å². The first-order valence-electron chi connectivity index (χ1n) is 20.4. The lowest BCUT2D eigenvalue weighted by molar-refractivity contribution is -0.111. The summed E-state index contributed by atoms with van der Waals surface area (Å²) in [5.41, 5.74) is 19.3. The Morgan fingerprint density at radius 1 is 0.814 bits per heavy atom. The van der Waals surface area contributed by atoms with Gasteiger partial charge in [0.1, 0.15) is 16.7 Å². The van der Waals surface area contributed by atoms with Crippen LogP contribution in [0.5, 0.6) is 0 Å². The monoisotopic (exact) mass is 853 g/mol. The molecule has 5 aromatic rings. The van der Waals surface area contributed by atoms with E-state index < -0.39 is 5.60 Å². The normalized spacial score (nSPS) is 18.4. The molecule has 0 spiro atoms. The highest BCUT2D eigenvalue weighted by Crippen LogP contribution is 2.45. The maximum atomic E-state index is 12.6. The number of halogens is 1. The van der Waals surface area contributed by atoms with Gasteiger partial charge >= 0.3 is 6.09 Å². The standard InChI is InChI=1S/C41H44BrN3O3.C7H4O.H2N3/c1-41(2,3)48-40(46)45-18-16-43(17-19-45)31-11-15-32-30(25-31)26-37(42)38-33-12-9-29(24-28(33)10-14-36(32)38)35-13-8-27-6-4-5-7-34(27)39(35)44-20-22-47-23-21-44;8-7-5-1-2-6(7)4-3-5;1-3-2/h4-8,10-11,13-15,25-26,29H,9,12,16-24H2,1-3H3;1-4H;1-2H/q;;+1. The smallest absolute Gasteiger partial charge is 0.410 e. The minimum absolute atomic E-state index is 0.185. The van der Waals surface area contributed by atoms with Gasteiger partial charge in [0.15, 0.2) is 5.78 Å². The van der Waals surface area contributed by atoms with Gasteiger partial charge in [-0.2, -0.15) is 0 Å². The molecular formula is C48H50BrN6O4+. The fourth-order valence-corrected chi connectivity index (χ4v) is 9.79. The van der Waals surface area contributed by atoms with Gasteiger partial charge in [0.25, 0.3) is 0 Å². The summed E-state index contributed by atoms with van der Waals surface area (Å²) in [7, 11) is 0. The zero-order chi connectivity index (χ0) is 41.3. The van der Waals surface area contributed by atoms with Gasteiger partial charge in [-0.3, -0.25) is 4.79 Å². The Balaban J connectivity index is 0.000000382. The molecule has 2 fully saturated rings.